The molecular formula is C20H16N2O3S. The number of benzene rings is 2. The van der Waals surface area contributed by atoms with Crippen molar-refractivity contribution in [3.8, 4) is 0 Å². The summed E-state index contributed by atoms with van der Waals surface area (Å²) in [7, 11) is 0. The summed E-state index contributed by atoms with van der Waals surface area (Å²) in [6, 6.07) is 16.8. The van der Waals surface area contributed by atoms with Crippen molar-refractivity contribution >= 4 is 39.5 Å². The van der Waals surface area contributed by atoms with Crippen LogP contribution in [0.1, 0.15) is 10.4 Å². The molecule has 0 atom stereocenters. The molecule has 4 aromatic rings. The number of thioether (sulfide) groups is 1. The summed E-state index contributed by atoms with van der Waals surface area (Å²) < 4.78 is 5.20. The number of hydrogen-bond acceptors (Lipinski definition) is 4. The number of aromatic nitrogens is 1. The summed E-state index contributed by atoms with van der Waals surface area (Å²) in [6.07, 6.45) is 1.97. The van der Waals surface area contributed by atoms with E-state index in [1.807, 2.05) is 36.5 Å². The monoisotopic (exact) mass is 364 g/mol. The molecule has 0 radical (unpaired) electrons. The van der Waals surface area contributed by atoms with Crippen LogP contribution in [-0.2, 0) is 0 Å². The van der Waals surface area contributed by atoms with Gasteiger partial charge in [0.25, 0.3) is 5.91 Å². The highest BCUT2D eigenvalue weighted by Gasteiger charge is 2.13. The third kappa shape index (κ3) is 3.23. The molecule has 0 unspecified atom stereocenters. The number of rotatable bonds is 5. The van der Waals surface area contributed by atoms with Crippen LogP contribution in [0, 0.1) is 0 Å². The molecule has 2 aromatic carbocycles. The summed E-state index contributed by atoms with van der Waals surface area (Å²) in [5, 5.41) is 4.68. The van der Waals surface area contributed by atoms with Gasteiger partial charge in [-0.05, 0) is 18.2 Å². The van der Waals surface area contributed by atoms with Crippen LogP contribution in [0.25, 0.3) is 21.9 Å². The van der Waals surface area contributed by atoms with Gasteiger partial charge in [0.05, 0.1) is 0 Å². The predicted octanol–water partition coefficient (Wildman–Crippen LogP) is 3.80. The van der Waals surface area contributed by atoms with E-state index in [2.05, 4.69) is 16.4 Å². The molecule has 130 valence electrons. The van der Waals surface area contributed by atoms with Gasteiger partial charge in [0.2, 0.25) is 0 Å². The molecule has 6 heteroatoms. The average Bonchev–Trinajstić information content (AvgIpc) is 3.07. The number of aromatic amines is 1. The van der Waals surface area contributed by atoms with Crippen molar-refractivity contribution in [2.24, 2.45) is 0 Å². The second-order valence-corrected chi connectivity index (χ2v) is 6.92. The van der Waals surface area contributed by atoms with Crippen molar-refractivity contribution in [1.82, 2.24) is 10.3 Å². The Morgan fingerprint density at radius 2 is 1.92 bits per heavy atom. The lowest BCUT2D eigenvalue weighted by Crippen LogP contribution is -2.29. The quantitative estimate of drug-likeness (QED) is 0.321. The van der Waals surface area contributed by atoms with E-state index in [1.54, 1.807) is 30.0 Å². The number of hydrogen-bond donors (Lipinski definition) is 2. The van der Waals surface area contributed by atoms with Gasteiger partial charge in [0, 0.05) is 39.7 Å². The molecule has 2 aromatic heterocycles. The first-order chi connectivity index (χ1) is 12.7. The molecule has 0 fully saturated rings. The highest BCUT2D eigenvalue weighted by molar-refractivity contribution is 7.99. The van der Waals surface area contributed by atoms with E-state index in [9.17, 15) is 9.59 Å². The minimum atomic E-state index is -0.620. The number of amides is 1. The summed E-state index contributed by atoms with van der Waals surface area (Å²) in [6.45, 7) is 0.454. The van der Waals surface area contributed by atoms with Crippen LogP contribution in [0.5, 0.6) is 0 Å². The van der Waals surface area contributed by atoms with Crippen molar-refractivity contribution < 1.29 is 9.21 Å². The number of carbonyl (C=O) groups excluding carboxylic acids is 1. The maximum absolute atomic E-state index is 12.3. The Morgan fingerprint density at radius 3 is 2.85 bits per heavy atom. The molecule has 2 N–H and O–H groups in total. The minimum Gasteiger partial charge on any atom is -0.422 e. The molecule has 5 nitrogen and oxygen atoms in total. The van der Waals surface area contributed by atoms with Gasteiger partial charge in [-0.2, -0.15) is 0 Å². The van der Waals surface area contributed by atoms with E-state index in [0.717, 1.165) is 15.8 Å². The van der Waals surface area contributed by atoms with Crippen LogP contribution < -0.4 is 10.9 Å². The van der Waals surface area contributed by atoms with E-state index in [0.29, 0.717) is 17.9 Å². The first kappa shape index (κ1) is 16.5. The Hall–Kier alpha value is -2.99. The Morgan fingerprint density at radius 1 is 1.12 bits per heavy atom. The minimum absolute atomic E-state index is 0.0285. The van der Waals surface area contributed by atoms with Crippen molar-refractivity contribution in [3.63, 3.8) is 0 Å². The van der Waals surface area contributed by atoms with Gasteiger partial charge in [-0.15, -0.1) is 11.8 Å². The van der Waals surface area contributed by atoms with Crippen LogP contribution in [-0.4, -0.2) is 23.2 Å². The van der Waals surface area contributed by atoms with Crippen molar-refractivity contribution in [1.29, 1.82) is 0 Å². The molecule has 0 aliphatic heterocycles. The second kappa shape index (κ2) is 7.09. The Labute approximate surface area is 153 Å². The van der Waals surface area contributed by atoms with Gasteiger partial charge in [-0.1, -0.05) is 36.4 Å². The molecule has 0 bridgehead atoms. The third-order valence-electron chi connectivity index (χ3n) is 4.08. The Bertz CT molecular complexity index is 1150. The lowest BCUT2D eigenvalue weighted by Gasteiger charge is -2.05. The van der Waals surface area contributed by atoms with Gasteiger partial charge >= 0.3 is 5.63 Å². The molecule has 0 saturated heterocycles. The van der Waals surface area contributed by atoms with Gasteiger partial charge in [0.15, 0.2) is 0 Å². The van der Waals surface area contributed by atoms with Crippen molar-refractivity contribution in [3.05, 3.63) is 76.8 Å². The van der Waals surface area contributed by atoms with Crippen LogP contribution in [0.4, 0.5) is 0 Å². The molecule has 0 aliphatic carbocycles. The summed E-state index contributed by atoms with van der Waals surface area (Å²) in [4.78, 5) is 28.7. The molecule has 2 heterocycles. The fourth-order valence-electron chi connectivity index (χ4n) is 2.81. The first-order valence-electron chi connectivity index (χ1n) is 8.22. The normalized spacial score (nSPS) is 11.1. The van der Waals surface area contributed by atoms with Crippen molar-refractivity contribution in [2.45, 2.75) is 4.90 Å². The molecule has 4 rings (SSSR count). The van der Waals surface area contributed by atoms with Gasteiger partial charge < -0.3 is 14.7 Å². The standard InChI is InChI=1S/C20H16N2O3S/c23-19(15-11-13-5-1-4-8-17(13)25-20(15)24)21-9-10-26-18-12-22-16-7-3-2-6-14(16)18/h1-8,11-12,22H,9-10H2,(H,21,23). The third-order valence-corrected chi connectivity index (χ3v) is 5.14. The number of H-pyrrole nitrogens is 1. The molecule has 26 heavy (non-hydrogen) atoms. The molecule has 0 spiro atoms. The summed E-state index contributed by atoms with van der Waals surface area (Å²) in [5.41, 5.74) is 0.975. The van der Waals surface area contributed by atoms with E-state index in [4.69, 9.17) is 4.42 Å². The molecule has 1 amide bonds. The van der Waals surface area contributed by atoms with Crippen LogP contribution in [0.2, 0.25) is 0 Å². The van der Waals surface area contributed by atoms with Crippen LogP contribution in [0.15, 0.2) is 74.9 Å². The molecular weight excluding hydrogens is 348 g/mol. The molecule has 0 aliphatic rings. The number of fused-ring (bicyclic) bond motifs is 2. The van der Waals surface area contributed by atoms with Crippen molar-refractivity contribution in [2.75, 3.05) is 12.3 Å². The number of para-hydroxylation sites is 2. The largest absolute Gasteiger partial charge is 0.422 e. The zero-order valence-electron chi connectivity index (χ0n) is 13.8. The summed E-state index contributed by atoms with van der Waals surface area (Å²) >= 11 is 1.65. The van der Waals surface area contributed by atoms with E-state index >= 15 is 0 Å². The van der Waals surface area contributed by atoms with E-state index in [1.165, 1.54) is 5.39 Å². The van der Waals surface area contributed by atoms with E-state index < -0.39 is 11.5 Å². The smallest absolute Gasteiger partial charge is 0.349 e. The zero-order valence-corrected chi connectivity index (χ0v) is 14.6. The summed E-state index contributed by atoms with van der Waals surface area (Å²) in [5.74, 6) is 0.288. The van der Waals surface area contributed by atoms with Crippen LogP contribution >= 0.6 is 11.8 Å². The van der Waals surface area contributed by atoms with E-state index in [-0.39, 0.29) is 5.56 Å². The number of nitrogens with one attached hydrogen (secondary N) is 2. The Kier molecular flexibility index (Phi) is 4.50. The van der Waals surface area contributed by atoms with Crippen LogP contribution in [0.3, 0.4) is 0 Å². The second-order valence-electron chi connectivity index (χ2n) is 5.79. The number of carbonyl (C=O) groups is 1. The SMILES string of the molecule is O=C(NCCSc1c[nH]c2ccccc12)c1cc2ccccc2oc1=O. The van der Waals surface area contributed by atoms with Gasteiger partial charge in [-0.3, -0.25) is 4.79 Å². The van der Waals surface area contributed by atoms with Gasteiger partial charge in [-0.25, -0.2) is 4.79 Å². The Balaban J connectivity index is 1.40. The highest BCUT2D eigenvalue weighted by atomic mass is 32.2. The maximum atomic E-state index is 12.3. The molecule has 0 saturated carbocycles. The highest BCUT2D eigenvalue weighted by Crippen LogP contribution is 2.27. The lowest BCUT2D eigenvalue weighted by atomic mass is 10.2. The zero-order chi connectivity index (χ0) is 17.9. The topological polar surface area (TPSA) is 75.1 Å². The fraction of sp³-hybridized carbons (Fsp3) is 0.100. The van der Waals surface area contributed by atoms with Gasteiger partial charge in [0.1, 0.15) is 11.1 Å². The first-order valence-corrected chi connectivity index (χ1v) is 9.21. The lowest BCUT2D eigenvalue weighted by molar-refractivity contribution is 0.0952. The fourth-order valence-corrected chi connectivity index (χ4v) is 3.71. The average molecular weight is 364 g/mol. The predicted molar refractivity (Wildman–Crippen MR) is 104 cm³/mol. The maximum Gasteiger partial charge on any atom is 0.349 e.